The third-order valence-corrected chi connectivity index (χ3v) is 5.26. The zero-order valence-electron chi connectivity index (χ0n) is 14.6. The summed E-state index contributed by atoms with van der Waals surface area (Å²) in [5, 5.41) is 14.6. The minimum absolute atomic E-state index is 0.0535. The number of anilines is 1. The summed E-state index contributed by atoms with van der Waals surface area (Å²) in [4.78, 5) is 24.0. The van der Waals surface area contributed by atoms with Crippen molar-refractivity contribution in [2.75, 3.05) is 5.32 Å². The Hall–Kier alpha value is -2.52. The van der Waals surface area contributed by atoms with E-state index < -0.39 is 5.25 Å². The molecule has 1 aromatic heterocycles. The van der Waals surface area contributed by atoms with E-state index in [-0.39, 0.29) is 11.7 Å². The van der Waals surface area contributed by atoms with E-state index in [1.165, 1.54) is 18.7 Å². The van der Waals surface area contributed by atoms with E-state index >= 15 is 0 Å². The molecule has 0 saturated carbocycles. The van der Waals surface area contributed by atoms with Gasteiger partial charge in [0.15, 0.2) is 5.78 Å². The summed E-state index contributed by atoms with van der Waals surface area (Å²) in [6, 6.07) is 14.4. The van der Waals surface area contributed by atoms with E-state index in [9.17, 15) is 9.59 Å². The van der Waals surface area contributed by atoms with Crippen molar-refractivity contribution in [2.24, 2.45) is 0 Å². The van der Waals surface area contributed by atoms with E-state index in [0.717, 1.165) is 10.2 Å². The first-order valence-corrected chi connectivity index (χ1v) is 9.74. The second kappa shape index (κ2) is 8.45. The summed E-state index contributed by atoms with van der Waals surface area (Å²) >= 11 is 4.64. The Kier molecular flexibility index (Phi) is 6.02. The Morgan fingerprint density at radius 1 is 1.19 bits per heavy atom. The molecule has 1 atom stereocenters. The van der Waals surface area contributed by atoms with Gasteiger partial charge in [0.05, 0.1) is 10.9 Å². The highest BCUT2D eigenvalue weighted by atomic mass is 79.9. The lowest BCUT2D eigenvalue weighted by molar-refractivity contribution is -0.115. The zero-order valence-corrected chi connectivity index (χ0v) is 17.0. The highest BCUT2D eigenvalue weighted by Gasteiger charge is 2.19. The van der Waals surface area contributed by atoms with Crippen LogP contribution >= 0.6 is 27.7 Å². The summed E-state index contributed by atoms with van der Waals surface area (Å²) in [5.41, 5.74) is 1.92. The smallest absolute Gasteiger partial charge is 0.237 e. The topological polar surface area (TPSA) is 89.8 Å². The number of benzene rings is 2. The van der Waals surface area contributed by atoms with Crippen LogP contribution in [0.3, 0.4) is 0 Å². The zero-order chi connectivity index (χ0) is 19.4. The number of halogens is 1. The molecule has 0 aliphatic rings. The van der Waals surface area contributed by atoms with Gasteiger partial charge in [0.2, 0.25) is 11.1 Å². The number of tetrazole rings is 1. The minimum Gasteiger partial charge on any atom is -0.325 e. The van der Waals surface area contributed by atoms with Crippen LogP contribution < -0.4 is 5.32 Å². The van der Waals surface area contributed by atoms with Crippen LogP contribution in [0.4, 0.5) is 5.69 Å². The molecule has 1 unspecified atom stereocenters. The van der Waals surface area contributed by atoms with Crippen molar-refractivity contribution in [1.29, 1.82) is 0 Å². The molecule has 3 rings (SSSR count). The van der Waals surface area contributed by atoms with E-state index in [0.29, 0.717) is 16.4 Å². The Bertz CT molecular complexity index is 974. The highest BCUT2D eigenvalue weighted by Crippen LogP contribution is 2.24. The second-order valence-electron chi connectivity index (χ2n) is 5.74. The Balaban J connectivity index is 1.71. The van der Waals surface area contributed by atoms with Crippen molar-refractivity contribution in [3.63, 3.8) is 0 Å². The Morgan fingerprint density at radius 2 is 1.93 bits per heavy atom. The molecule has 0 saturated heterocycles. The van der Waals surface area contributed by atoms with Gasteiger partial charge in [-0.2, -0.15) is 4.68 Å². The van der Waals surface area contributed by atoms with Crippen molar-refractivity contribution in [3.05, 3.63) is 58.6 Å². The average Bonchev–Trinajstić information content (AvgIpc) is 3.10. The van der Waals surface area contributed by atoms with Crippen molar-refractivity contribution in [2.45, 2.75) is 24.3 Å². The molecule has 0 spiro atoms. The maximum atomic E-state index is 12.5. The van der Waals surface area contributed by atoms with Gasteiger partial charge < -0.3 is 5.32 Å². The molecule has 0 aliphatic carbocycles. The number of ketones is 1. The molecule has 0 radical (unpaired) electrons. The van der Waals surface area contributed by atoms with Crippen LogP contribution in [0.5, 0.6) is 0 Å². The van der Waals surface area contributed by atoms with E-state index in [1.54, 1.807) is 35.9 Å². The molecule has 7 nitrogen and oxygen atoms in total. The standard InChI is InChI=1S/C18H16BrN5O2S/c1-11(25)13-4-3-5-15(10-13)20-17(26)12(2)27-18-21-22-23-24(18)16-8-6-14(19)7-9-16/h3-10,12H,1-2H3,(H,20,26). The van der Waals surface area contributed by atoms with Crippen molar-refractivity contribution < 1.29 is 9.59 Å². The number of nitrogens with one attached hydrogen (secondary N) is 1. The van der Waals surface area contributed by atoms with Crippen molar-refractivity contribution >= 4 is 45.1 Å². The highest BCUT2D eigenvalue weighted by molar-refractivity contribution is 9.10. The van der Waals surface area contributed by atoms with Gasteiger partial charge in [0.25, 0.3) is 0 Å². The van der Waals surface area contributed by atoms with Gasteiger partial charge in [0.1, 0.15) is 0 Å². The monoisotopic (exact) mass is 445 g/mol. The summed E-state index contributed by atoms with van der Waals surface area (Å²) in [7, 11) is 0. The van der Waals surface area contributed by atoms with Gasteiger partial charge in [-0.05, 0) is 60.7 Å². The molecule has 0 fully saturated rings. The predicted octanol–water partition coefficient (Wildman–Crippen LogP) is 3.75. The number of thioether (sulfide) groups is 1. The van der Waals surface area contributed by atoms with Crippen LogP contribution in [-0.4, -0.2) is 37.1 Å². The van der Waals surface area contributed by atoms with Gasteiger partial charge in [-0.15, -0.1) is 5.10 Å². The fourth-order valence-corrected chi connectivity index (χ4v) is 3.34. The van der Waals surface area contributed by atoms with Crippen molar-refractivity contribution in [1.82, 2.24) is 20.2 Å². The van der Waals surface area contributed by atoms with Gasteiger partial charge in [-0.25, -0.2) is 0 Å². The molecule has 9 heteroatoms. The number of hydrogen-bond donors (Lipinski definition) is 1. The van der Waals surface area contributed by atoms with Crippen LogP contribution in [-0.2, 0) is 4.79 Å². The lowest BCUT2D eigenvalue weighted by Crippen LogP contribution is -2.23. The first-order valence-electron chi connectivity index (χ1n) is 8.07. The molecule has 1 heterocycles. The quantitative estimate of drug-likeness (QED) is 0.458. The maximum absolute atomic E-state index is 12.5. The molecule has 1 amide bonds. The molecular formula is C18H16BrN5O2S. The number of aromatic nitrogens is 4. The Labute approximate surface area is 168 Å². The number of carbonyl (C=O) groups excluding carboxylic acids is 2. The van der Waals surface area contributed by atoms with Crippen LogP contribution in [0.15, 0.2) is 58.2 Å². The maximum Gasteiger partial charge on any atom is 0.237 e. The Morgan fingerprint density at radius 3 is 2.63 bits per heavy atom. The summed E-state index contributed by atoms with van der Waals surface area (Å²) in [5.74, 6) is -0.256. The SMILES string of the molecule is CC(=O)c1cccc(NC(=O)C(C)Sc2nnnn2-c2ccc(Br)cc2)c1. The number of Topliss-reactive ketones (excluding diaryl/α,β-unsaturated/α-hetero) is 1. The second-order valence-corrected chi connectivity index (χ2v) is 7.96. The molecule has 138 valence electrons. The van der Waals surface area contributed by atoms with Crippen molar-refractivity contribution in [3.8, 4) is 5.69 Å². The van der Waals surface area contributed by atoms with Gasteiger partial charge in [0, 0.05) is 15.7 Å². The van der Waals surface area contributed by atoms with Crippen LogP contribution in [0, 0.1) is 0 Å². The first-order chi connectivity index (χ1) is 12.9. The minimum atomic E-state index is -0.439. The number of hydrogen-bond acceptors (Lipinski definition) is 6. The predicted molar refractivity (Wildman–Crippen MR) is 107 cm³/mol. The van der Waals surface area contributed by atoms with Gasteiger partial charge in [-0.3, -0.25) is 9.59 Å². The molecule has 3 aromatic rings. The van der Waals surface area contributed by atoms with Crippen LogP contribution in [0.25, 0.3) is 5.69 Å². The van der Waals surface area contributed by atoms with Crippen LogP contribution in [0.1, 0.15) is 24.2 Å². The molecule has 27 heavy (non-hydrogen) atoms. The number of rotatable bonds is 6. The largest absolute Gasteiger partial charge is 0.325 e. The average molecular weight is 446 g/mol. The van der Waals surface area contributed by atoms with Gasteiger partial charge in [-0.1, -0.05) is 39.8 Å². The third kappa shape index (κ3) is 4.81. The van der Waals surface area contributed by atoms with E-state index in [2.05, 4.69) is 36.8 Å². The summed E-state index contributed by atoms with van der Waals surface area (Å²) in [6.07, 6.45) is 0. The molecule has 1 N–H and O–H groups in total. The summed E-state index contributed by atoms with van der Waals surface area (Å²) < 4.78 is 2.53. The number of amides is 1. The molecule has 2 aromatic carbocycles. The number of nitrogens with zero attached hydrogens (tertiary/aromatic N) is 4. The van der Waals surface area contributed by atoms with E-state index in [1.807, 2.05) is 24.3 Å². The lowest BCUT2D eigenvalue weighted by atomic mass is 10.1. The lowest BCUT2D eigenvalue weighted by Gasteiger charge is -2.12. The summed E-state index contributed by atoms with van der Waals surface area (Å²) in [6.45, 7) is 3.26. The molecule has 0 aliphatic heterocycles. The fourth-order valence-electron chi connectivity index (χ4n) is 2.27. The van der Waals surface area contributed by atoms with Gasteiger partial charge >= 0.3 is 0 Å². The van der Waals surface area contributed by atoms with E-state index in [4.69, 9.17) is 0 Å². The molecule has 0 bridgehead atoms. The van der Waals surface area contributed by atoms with Crippen LogP contribution in [0.2, 0.25) is 0 Å². The normalized spacial score (nSPS) is 11.8. The molecular weight excluding hydrogens is 430 g/mol. The third-order valence-electron chi connectivity index (χ3n) is 3.70. The first kappa shape index (κ1) is 19.2. The fraction of sp³-hybridized carbons (Fsp3) is 0.167. The number of carbonyl (C=O) groups is 2.